The van der Waals surface area contributed by atoms with E-state index in [2.05, 4.69) is 85.4 Å². The van der Waals surface area contributed by atoms with Crippen molar-refractivity contribution in [1.82, 2.24) is 19.7 Å². The number of benzene rings is 4. The van der Waals surface area contributed by atoms with Gasteiger partial charge in [-0.25, -0.2) is 14.7 Å². The summed E-state index contributed by atoms with van der Waals surface area (Å²) >= 11 is 14.5. The maximum absolute atomic E-state index is 6.60. The molecule has 0 aliphatic carbocycles. The molecule has 5 aromatic rings. The first-order chi connectivity index (χ1) is 26.4. The number of aromatic nitrogens is 3. The Morgan fingerprint density at radius 1 is 0.907 bits per heavy atom. The molecule has 14 heteroatoms. The first kappa shape index (κ1) is 36.7. The van der Waals surface area contributed by atoms with E-state index in [1.807, 2.05) is 24.3 Å². The number of halogens is 2. The summed E-state index contributed by atoms with van der Waals surface area (Å²) < 4.78 is 26.3. The molecule has 11 nitrogen and oxygen atoms in total. The van der Waals surface area contributed by atoms with Crippen LogP contribution in [0.3, 0.4) is 0 Å². The van der Waals surface area contributed by atoms with E-state index in [1.54, 1.807) is 42.0 Å². The summed E-state index contributed by atoms with van der Waals surface area (Å²) in [5.74, 6) is -0.390. The van der Waals surface area contributed by atoms with Crippen LogP contribution in [0.1, 0.15) is 11.1 Å². The highest BCUT2D eigenvalue weighted by Crippen LogP contribution is 2.40. The molecular formula is C40H41Cl2N7O4S. The molecule has 3 unspecified atom stereocenters. The third-order valence-corrected chi connectivity index (χ3v) is 11.5. The fourth-order valence-corrected chi connectivity index (χ4v) is 8.52. The number of rotatable bonds is 12. The summed E-state index contributed by atoms with van der Waals surface area (Å²) in [4.78, 5) is 16.2. The Balaban J connectivity index is 0.834. The van der Waals surface area contributed by atoms with Crippen LogP contribution in [0.2, 0.25) is 10.0 Å². The molecule has 0 spiro atoms. The van der Waals surface area contributed by atoms with Gasteiger partial charge < -0.3 is 33.6 Å². The number of piperazine rings is 1. The van der Waals surface area contributed by atoms with Crippen molar-refractivity contribution in [3.8, 4) is 5.75 Å². The minimum atomic E-state index is -1.15. The van der Waals surface area contributed by atoms with Crippen LogP contribution in [-0.4, -0.2) is 89.4 Å². The molecule has 3 aliphatic rings. The van der Waals surface area contributed by atoms with E-state index in [9.17, 15) is 0 Å². The normalized spacial score (nSPS) is 22.4. The average Bonchev–Trinajstić information content (AvgIpc) is 3.96. The van der Waals surface area contributed by atoms with Crippen molar-refractivity contribution < 1.29 is 18.9 Å². The second-order valence-electron chi connectivity index (χ2n) is 13.4. The first-order valence-corrected chi connectivity index (χ1v) is 19.6. The van der Waals surface area contributed by atoms with Crippen LogP contribution in [0.15, 0.2) is 115 Å². The summed E-state index contributed by atoms with van der Waals surface area (Å²) in [6.07, 6.45) is 2.76. The van der Waals surface area contributed by atoms with Crippen molar-refractivity contribution >= 4 is 57.2 Å². The summed E-state index contributed by atoms with van der Waals surface area (Å²) in [6, 6.07) is 32.6. The zero-order chi connectivity index (χ0) is 36.9. The maximum Gasteiger partial charge on any atom is 0.217 e. The maximum atomic E-state index is 6.60. The topological polar surface area (TPSA) is 89.7 Å². The fourth-order valence-electron chi connectivity index (χ4n) is 6.94. The zero-order valence-electron chi connectivity index (χ0n) is 29.8. The second-order valence-corrected chi connectivity index (χ2v) is 15.3. The summed E-state index contributed by atoms with van der Waals surface area (Å²) in [5.41, 5.74) is 5.33. The molecule has 0 bridgehead atoms. The third-order valence-electron chi connectivity index (χ3n) is 9.75. The fraction of sp³-hybridized carbons (Fsp3) is 0.325. The van der Waals surface area contributed by atoms with Crippen LogP contribution >= 0.6 is 35.0 Å². The second kappa shape index (κ2) is 16.6. The number of thioether (sulfide) groups is 1. The number of anilines is 2. The van der Waals surface area contributed by atoms with Gasteiger partial charge in [0.15, 0.2) is 5.17 Å². The molecule has 3 aliphatic heterocycles. The van der Waals surface area contributed by atoms with Gasteiger partial charge in [0.2, 0.25) is 5.79 Å². The van der Waals surface area contributed by atoms with Crippen LogP contribution in [0.25, 0.3) is 0 Å². The van der Waals surface area contributed by atoms with E-state index < -0.39 is 5.79 Å². The molecule has 0 radical (unpaired) electrons. The largest absolute Gasteiger partial charge is 0.491 e. The molecule has 8 rings (SSSR count). The SMILES string of the molecule is COC1CN(Cc2ccccc2)C(=Nc2ccc(N3CCN(c4ccc(OCC5COC(Cn6cncn6)(c6ccc(Cl)cc6Cl)O5)cc4)CC3)cc2)S1. The quantitative estimate of drug-likeness (QED) is 0.127. The van der Waals surface area contributed by atoms with Crippen molar-refractivity contribution in [3.05, 3.63) is 131 Å². The van der Waals surface area contributed by atoms with Crippen LogP contribution in [0, 0.1) is 0 Å². The highest BCUT2D eigenvalue weighted by molar-refractivity contribution is 8.14. The van der Waals surface area contributed by atoms with Gasteiger partial charge in [0.1, 0.15) is 43.1 Å². The molecule has 280 valence electrons. The van der Waals surface area contributed by atoms with Gasteiger partial charge in [0.05, 0.1) is 23.9 Å². The zero-order valence-corrected chi connectivity index (χ0v) is 32.2. The van der Waals surface area contributed by atoms with E-state index in [0.717, 1.165) is 55.9 Å². The van der Waals surface area contributed by atoms with Crippen molar-refractivity contribution in [2.45, 2.75) is 30.4 Å². The predicted octanol–water partition coefficient (Wildman–Crippen LogP) is 7.47. The van der Waals surface area contributed by atoms with E-state index >= 15 is 0 Å². The Kier molecular flexibility index (Phi) is 11.3. The van der Waals surface area contributed by atoms with Gasteiger partial charge in [0, 0.05) is 61.8 Å². The highest BCUT2D eigenvalue weighted by atomic mass is 35.5. The van der Waals surface area contributed by atoms with Crippen molar-refractivity contribution in [2.24, 2.45) is 4.99 Å². The lowest BCUT2D eigenvalue weighted by molar-refractivity contribution is -0.190. The number of aliphatic imine (C=N–C) groups is 1. The predicted molar refractivity (Wildman–Crippen MR) is 214 cm³/mol. The molecule has 4 aromatic carbocycles. The number of hydrogen-bond donors (Lipinski definition) is 0. The Bertz CT molecular complexity index is 2020. The molecule has 4 heterocycles. The lowest BCUT2D eigenvalue weighted by atomic mass is 10.1. The number of methoxy groups -OCH3 is 1. The number of nitrogens with zero attached hydrogens (tertiary/aromatic N) is 7. The van der Waals surface area contributed by atoms with Crippen molar-refractivity contribution in [3.63, 3.8) is 0 Å². The first-order valence-electron chi connectivity index (χ1n) is 17.9. The van der Waals surface area contributed by atoms with Gasteiger partial charge in [-0.3, -0.25) is 0 Å². The van der Waals surface area contributed by atoms with Crippen molar-refractivity contribution in [2.75, 3.05) is 62.8 Å². The summed E-state index contributed by atoms with van der Waals surface area (Å²) in [5, 5.41) is 6.23. The lowest BCUT2D eigenvalue weighted by Gasteiger charge is -2.37. The third kappa shape index (κ3) is 8.49. The molecule has 3 fully saturated rings. The van der Waals surface area contributed by atoms with Gasteiger partial charge in [-0.1, -0.05) is 71.4 Å². The minimum Gasteiger partial charge on any atom is -0.491 e. The van der Waals surface area contributed by atoms with E-state index in [4.69, 9.17) is 47.1 Å². The number of ether oxygens (including phenoxy) is 4. The van der Waals surface area contributed by atoms with Gasteiger partial charge in [-0.2, -0.15) is 5.10 Å². The minimum absolute atomic E-state index is 0.0772. The van der Waals surface area contributed by atoms with Crippen LogP contribution in [-0.2, 0) is 33.1 Å². The van der Waals surface area contributed by atoms with Crippen LogP contribution in [0.4, 0.5) is 17.1 Å². The number of amidine groups is 1. The summed E-state index contributed by atoms with van der Waals surface area (Å²) in [7, 11) is 1.76. The molecular weight excluding hydrogens is 745 g/mol. The van der Waals surface area contributed by atoms with Gasteiger partial charge in [-0.15, -0.1) is 0 Å². The molecule has 0 N–H and O–H groups in total. The molecule has 3 saturated heterocycles. The van der Waals surface area contributed by atoms with Gasteiger partial charge in [-0.05, 0) is 66.2 Å². The van der Waals surface area contributed by atoms with E-state index in [-0.39, 0.29) is 18.1 Å². The lowest BCUT2D eigenvalue weighted by Crippen LogP contribution is -2.46. The molecule has 0 amide bonds. The monoisotopic (exact) mass is 785 g/mol. The average molecular weight is 787 g/mol. The van der Waals surface area contributed by atoms with Gasteiger partial charge in [0.25, 0.3) is 0 Å². The number of hydrogen-bond acceptors (Lipinski definition) is 10. The van der Waals surface area contributed by atoms with Crippen molar-refractivity contribution in [1.29, 1.82) is 0 Å². The Hall–Kier alpha value is -4.30. The van der Waals surface area contributed by atoms with Crippen LogP contribution in [0.5, 0.6) is 5.75 Å². The Labute approximate surface area is 329 Å². The highest BCUT2D eigenvalue weighted by Gasteiger charge is 2.45. The van der Waals surface area contributed by atoms with Crippen LogP contribution < -0.4 is 14.5 Å². The molecule has 1 aromatic heterocycles. The standard InChI is InChI=1S/C40H41Cl2N7O4S/c1-50-38-23-48(22-29-5-3-2-4-6-29)39(54-38)45-31-8-10-32(11-9-31)46-17-19-47(20-18-46)33-12-14-34(15-13-33)51-24-35-25-52-40(53-35,26-49-28-43-27-44-49)36-16-7-30(41)21-37(36)42/h2-16,21,27-28,35,38H,17-20,22-26H2,1H3. The Morgan fingerprint density at radius 2 is 1.63 bits per heavy atom. The van der Waals surface area contributed by atoms with E-state index in [0.29, 0.717) is 28.8 Å². The molecule has 54 heavy (non-hydrogen) atoms. The Morgan fingerprint density at radius 3 is 2.30 bits per heavy atom. The molecule has 3 atom stereocenters. The molecule has 0 saturated carbocycles. The summed E-state index contributed by atoms with van der Waals surface area (Å²) in [6.45, 7) is 6.23. The van der Waals surface area contributed by atoms with E-state index in [1.165, 1.54) is 23.3 Å². The smallest absolute Gasteiger partial charge is 0.217 e. The van der Waals surface area contributed by atoms with Gasteiger partial charge >= 0.3 is 0 Å².